The van der Waals surface area contributed by atoms with Gasteiger partial charge in [0, 0.05) is 6.20 Å². The standard InChI is InChI=1S/C16H14ClF3N4O3S2/c1-2-7-29(25,26)24-13-14(23-10-6-4-3-5-9(10)22-13)27-12(16(18,19)20)11-8-21-15(17)28-11/h3-6,8,12H,2,7H2,1H3,(H,22,24). The van der Waals surface area contributed by atoms with Gasteiger partial charge in [0.15, 0.2) is 4.47 Å². The van der Waals surface area contributed by atoms with Gasteiger partial charge in [-0.3, -0.25) is 4.72 Å². The van der Waals surface area contributed by atoms with Gasteiger partial charge in [-0.15, -0.1) is 11.3 Å². The first-order valence-electron chi connectivity index (χ1n) is 8.21. The molecule has 0 saturated heterocycles. The summed E-state index contributed by atoms with van der Waals surface area (Å²) in [6, 6.07) is 6.32. The molecule has 1 atom stereocenters. The number of para-hydroxylation sites is 2. The molecule has 0 aliphatic heterocycles. The number of aromatic nitrogens is 3. The molecule has 156 valence electrons. The van der Waals surface area contributed by atoms with Crippen LogP contribution in [0.15, 0.2) is 30.5 Å². The third kappa shape index (κ3) is 5.25. The van der Waals surface area contributed by atoms with Gasteiger partial charge in [0.1, 0.15) is 0 Å². The largest absolute Gasteiger partial charge is 0.456 e. The van der Waals surface area contributed by atoms with E-state index in [0.717, 1.165) is 6.20 Å². The Morgan fingerprint density at radius 2 is 1.90 bits per heavy atom. The molecule has 13 heteroatoms. The molecule has 0 radical (unpaired) electrons. The lowest BCUT2D eigenvalue weighted by Crippen LogP contribution is -2.26. The Kier molecular flexibility index (Phi) is 6.15. The Morgan fingerprint density at radius 3 is 2.45 bits per heavy atom. The van der Waals surface area contributed by atoms with Gasteiger partial charge in [-0.25, -0.2) is 23.4 Å². The molecule has 1 N–H and O–H groups in total. The van der Waals surface area contributed by atoms with Gasteiger partial charge in [0.2, 0.25) is 21.9 Å². The van der Waals surface area contributed by atoms with Crippen molar-refractivity contribution in [1.82, 2.24) is 15.0 Å². The van der Waals surface area contributed by atoms with Crippen molar-refractivity contribution in [3.05, 3.63) is 39.8 Å². The predicted octanol–water partition coefficient (Wildman–Crippen LogP) is 4.57. The number of hydrogen-bond donors (Lipinski definition) is 1. The van der Waals surface area contributed by atoms with E-state index >= 15 is 0 Å². The van der Waals surface area contributed by atoms with E-state index in [1.54, 1.807) is 25.1 Å². The second-order valence-electron chi connectivity index (χ2n) is 5.84. The average Bonchev–Trinajstić information content (AvgIpc) is 3.04. The fourth-order valence-electron chi connectivity index (χ4n) is 2.38. The van der Waals surface area contributed by atoms with Crippen LogP contribution in [0.5, 0.6) is 5.88 Å². The minimum absolute atomic E-state index is 0.0914. The Balaban J connectivity index is 2.09. The number of thiazole rings is 1. The van der Waals surface area contributed by atoms with Gasteiger partial charge in [0.05, 0.1) is 21.7 Å². The van der Waals surface area contributed by atoms with Crippen molar-refractivity contribution in [2.45, 2.75) is 25.6 Å². The molecule has 2 heterocycles. The van der Waals surface area contributed by atoms with Crippen LogP contribution in [0.25, 0.3) is 11.0 Å². The quantitative estimate of drug-likeness (QED) is 0.548. The predicted molar refractivity (Wildman–Crippen MR) is 104 cm³/mol. The zero-order valence-corrected chi connectivity index (χ0v) is 17.2. The summed E-state index contributed by atoms with van der Waals surface area (Å²) >= 11 is 6.25. The van der Waals surface area contributed by atoms with E-state index in [9.17, 15) is 21.6 Å². The van der Waals surface area contributed by atoms with Crippen molar-refractivity contribution in [2.24, 2.45) is 0 Å². The number of anilines is 1. The number of nitrogens with one attached hydrogen (secondary N) is 1. The molecular weight excluding hydrogens is 453 g/mol. The van der Waals surface area contributed by atoms with Crippen molar-refractivity contribution in [2.75, 3.05) is 10.5 Å². The lowest BCUT2D eigenvalue weighted by molar-refractivity contribution is -0.197. The maximum absolute atomic E-state index is 13.6. The third-order valence-electron chi connectivity index (χ3n) is 3.54. The number of fused-ring (bicyclic) bond motifs is 1. The summed E-state index contributed by atoms with van der Waals surface area (Å²) in [6.07, 6.45) is -6.03. The second kappa shape index (κ2) is 8.28. The molecule has 0 bridgehead atoms. The SMILES string of the molecule is CCCS(=O)(=O)Nc1nc2ccccc2nc1OC(c1cnc(Cl)s1)C(F)(F)F. The minimum atomic E-state index is -4.83. The number of ether oxygens (including phenoxy) is 1. The van der Waals surface area contributed by atoms with Crippen LogP contribution in [-0.2, 0) is 10.0 Å². The number of sulfonamides is 1. The van der Waals surface area contributed by atoms with Gasteiger partial charge in [-0.2, -0.15) is 13.2 Å². The highest BCUT2D eigenvalue weighted by molar-refractivity contribution is 7.92. The van der Waals surface area contributed by atoms with Crippen LogP contribution in [0, 0.1) is 0 Å². The zero-order valence-electron chi connectivity index (χ0n) is 14.8. The second-order valence-corrected chi connectivity index (χ2v) is 9.33. The summed E-state index contributed by atoms with van der Waals surface area (Å²) in [4.78, 5) is 11.4. The van der Waals surface area contributed by atoms with E-state index in [4.69, 9.17) is 16.3 Å². The van der Waals surface area contributed by atoms with Crippen LogP contribution in [0.1, 0.15) is 24.3 Å². The van der Waals surface area contributed by atoms with E-state index in [0.29, 0.717) is 23.3 Å². The van der Waals surface area contributed by atoms with Crippen molar-refractivity contribution in [3.63, 3.8) is 0 Å². The normalized spacial score (nSPS) is 13.4. The van der Waals surface area contributed by atoms with Gasteiger partial charge >= 0.3 is 6.18 Å². The van der Waals surface area contributed by atoms with Crippen LogP contribution in [0.4, 0.5) is 19.0 Å². The Bertz CT molecular complexity index is 1120. The van der Waals surface area contributed by atoms with Gasteiger partial charge < -0.3 is 4.74 Å². The molecule has 3 aromatic rings. The molecule has 1 unspecified atom stereocenters. The van der Waals surface area contributed by atoms with Crippen LogP contribution >= 0.6 is 22.9 Å². The van der Waals surface area contributed by atoms with E-state index in [2.05, 4.69) is 19.7 Å². The van der Waals surface area contributed by atoms with Gasteiger partial charge in [0.25, 0.3) is 5.88 Å². The molecule has 0 amide bonds. The van der Waals surface area contributed by atoms with E-state index < -0.39 is 34.0 Å². The Morgan fingerprint density at radius 1 is 1.24 bits per heavy atom. The first kappa shape index (κ1) is 21.5. The summed E-state index contributed by atoms with van der Waals surface area (Å²) in [5.74, 6) is -1.27. The molecule has 29 heavy (non-hydrogen) atoms. The molecule has 7 nitrogen and oxygen atoms in total. The maximum Gasteiger partial charge on any atom is 0.430 e. The first-order valence-corrected chi connectivity index (χ1v) is 11.1. The molecule has 3 rings (SSSR count). The van der Waals surface area contributed by atoms with E-state index in [1.807, 2.05) is 0 Å². The van der Waals surface area contributed by atoms with Crippen LogP contribution in [0.3, 0.4) is 0 Å². The van der Waals surface area contributed by atoms with Crippen molar-refractivity contribution in [1.29, 1.82) is 0 Å². The lowest BCUT2D eigenvalue weighted by atomic mass is 10.3. The van der Waals surface area contributed by atoms with E-state index in [1.165, 1.54) is 6.07 Å². The highest BCUT2D eigenvalue weighted by atomic mass is 35.5. The molecule has 0 saturated carbocycles. The molecule has 0 aliphatic rings. The zero-order chi connectivity index (χ0) is 21.2. The molecule has 1 aromatic carbocycles. The summed E-state index contributed by atoms with van der Waals surface area (Å²) in [5, 5.41) is 0. The van der Waals surface area contributed by atoms with Gasteiger partial charge in [-0.1, -0.05) is 30.7 Å². The van der Waals surface area contributed by atoms with Crippen molar-refractivity contribution in [3.8, 4) is 5.88 Å². The first-order chi connectivity index (χ1) is 13.6. The Labute approximate surface area is 173 Å². The highest BCUT2D eigenvalue weighted by Crippen LogP contribution is 2.41. The summed E-state index contributed by atoms with van der Waals surface area (Å²) in [7, 11) is -3.85. The van der Waals surface area contributed by atoms with Crippen molar-refractivity contribution < 1.29 is 26.3 Å². The minimum Gasteiger partial charge on any atom is -0.456 e. The number of halogens is 4. The molecule has 0 spiro atoms. The van der Waals surface area contributed by atoms with Crippen LogP contribution in [-0.4, -0.2) is 35.3 Å². The maximum atomic E-state index is 13.6. The summed E-state index contributed by atoms with van der Waals surface area (Å²) in [6.45, 7) is 1.65. The summed E-state index contributed by atoms with van der Waals surface area (Å²) < 4.78 is 72.4. The molecule has 0 aliphatic carbocycles. The topological polar surface area (TPSA) is 94.1 Å². The van der Waals surface area contributed by atoms with Crippen LogP contribution < -0.4 is 9.46 Å². The highest BCUT2D eigenvalue weighted by Gasteiger charge is 2.45. The number of alkyl halides is 3. The third-order valence-corrected chi connectivity index (χ3v) is 6.15. The monoisotopic (exact) mass is 466 g/mol. The summed E-state index contributed by atoms with van der Waals surface area (Å²) in [5.41, 5.74) is 0.530. The molecule has 0 fully saturated rings. The fraction of sp³-hybridized carbons (Fsp3) is 0.312. The van der Waals surface area contributed by atoms with E-state index in [-0.39, 0.29) is 20.6 Å². The Hall–Kier alpha value is -2.18. The molecular formula is C16H14ClF3N4O3S2. The average molecular weight is 467 g/mol. The van der Waals surface area contributed by atoms with Crippen molar-refractivity contribution >= 4 is 49.8 Å². The number of rotatable bonds is 7. The fourth-order valence-corrected chi connectivity index (χ4v) is 4.46. The number of nitrogens with zero attached hydrogens (tertiary/aromatic N) is 3. The number of benzene rings is 1. The number of hydrogen-bond acceptors (Lipinski definition) is 7. The van der Waals surface area contributed by atoms with Crippen LogP contribution in [0.2, 0.25) is 4.47 Å². The molecule has 2 aromatic heterocycles. The van der Waals surface area contributed by atoms with Gasteiger partial charge in [-0.05, 0) is 18.6 Å². The lowest BCUT2D eigenvalue weighted by Gasteiger charge is -2.21. The smallest absolute Gasteiger partial charge is 0.430 e.